The molecule has 0 unspecified atom stereocenters. The highest BCUT2D eigenvalue weighted by atomic mass is 16.5. The SMILES string of the molecule is O=C(NCc1ccc(N2CCCC2)cc1)c1cccc(OCc2cccnc2)c1. The summed E-state index contributed by atoms with van der Waals surface area (Å²) in [4.78, 5) is 19.0. The Balaban J connectivity index is 1.31. The molecule has 0 radical (unpaired) electrons. The van der Waals surface area contributed by atoms with Gasteiger partial charge in [-0.15, -0.1) is 0 Å². The van der Waals surface area contributed by atoms with E-state index in [0.29, 0.717) is 24.5 Å². The van der Waals surface area contributed by atoms with E-state index in [1.54, 1.807) is 24.5 Å². The monoisotopic (exact) mass is 387 g/mol. The van der Waals surface area contributed by atoms with Crippen LogP contribution in [0.25, 0.3) is 0 Å². The molecule has 5 nitrogen and oxygen atoms in total. The lowest BCUT2D eigenvalue weighted by molar-refractivity contribution is 0.0950. The van der Waals surface area contributed by atoms with Gasteiger partial charge in [0, 0.05) is 48.8 Å². The maximum absolute atomic E-state index is 12.5. The zero-order valence-electron chi connectivity index (χ0n) is 16.4. The van der Waals surface area contributed by atoms with Gasteiger partial charge in [0.1, 0.15) is 12.4 Å². The lowest BCUT2D eigenvalue weighted by Gasteiger charge is -2.17. The highest BCUT2D eigenvalue weighted by Crippen LogP contribution is 2.20. The van der Waals surface area contributed by atoms with Crippen LogP contribution in [0.1, 0.15) is 34.3 Å². The van der Waals surface area contributed by atoms with Crippen LogP contribution in [0.5, 0.6) is 5.75 Å². The number of rotatable bonds is 7. The molecular formula is C24H25N3O2. The topological polar surface area (TPSA) is 54.5 Å². The van der Waals surface area contributed by atoms with E-state index in [1.807, 2.05) is 24.3 Å². The lowest BCUT2D eigenvalue weighted by atomic mass is 10.1. The molecule has 4 rings (SSSR count). The minimum atomic E-state index is -0.111. The third-order valence-electron chi connectivity index (χ3n) is 5.09. The Morgan fingerprint density at radius 2 is 1.83 bits per heavy atom. The molecule has 1 aliphatic rings. The molecule has 0 aliphatic carbocycles. The second kappa shape index (κ2) is 9.24. The van der Waals surface area contributed by atoms with Gasteiger partial charge in [0.2, 0.25) is 0 Å². The molecule has 1 aromatic heterocycles. The second-order valence-corrected chi connectivity index (χ2v) is 7.22. The summed E-state index contributed by atoms with van der Waals surface area (Å²) in [6.07, 6.45) is 6.03. The number of hydrogen-bond donors (Lipinski definition) is 1. The number of carbonyl (C=O) groups is 1. The zero-order chi connectivity index (χ0) is 19.9. The number of ether oxygens (including phenoxy) is 1. The number of carbonyl (C=O) groups excluding carboxylic acids is 1. The number of nitrogens with zero attached hydrogens (tertiary/aromatic N) is 2. The average Bonchev–Trinajstić information content (AvgIpc) is 3.32. The van der Waals surface area contributed by atoms with Crippen molar-refractivity contribution in [2.75, 3.05) is 18.0 Å². The number of pyridine rings is 1. The molecule has 148 valence electrons. The predicted molar refractivity (Wildman–Crippen MR) is 114 cm³/mol. The fraction of sp³-hybridized carbons (Fsp3) is 0.250. The van der Waals surface area contributed by atoms with Gasteiger partial charge in [-0.05, 0) is 54.8 Å². The van der Waals surface area contributed by atoms with E-state index in [2.05, 4.69) is 39.5 Å². The fourth-order valence-corrected chi connectivity index (χ4v) is 3.46. The number of hydrogen-bond acceptors (Lipinski definition) is 4. The Morgan fingerprint density at radius 1 is 1.00 bits per heavy atom. The molecule has 1 saturated heterocycles. The van der Waals surface area contributed by atoms with E-state index in [0.717, 1.165) is 24.2 Å². The first-order valence-corrected chi connectivity index (χ1v) is 10.0. The van der Waals surface area contributed by atoms with Gasteiger partial charge in [0.05, 0.1) is 0 Å². The van der Waals surface area contributed by atoms with Crippen LogP contribution in [-0.4, -0.2) is 24.0 Å². The highest BCUT2D eigenvalue weighted by molar-refractivity contribution is 5.94. The van der Waals surface area contributed by atoms with Crippen molar-refractivity contribution in [2.24, 2.45) is 0 Å². The quantitative estimate of drug-likeness (QED) is 0.660. The summed E-state index contributed by atoms with van der Waals surface area (Å²) in [5.74, 6) is 0.553. The van der Waals surface area contributed by atoms with Crippen LogP contribution in [0.15, 0.2) is 73.1 Å². The zero-order valence-corrected chi connectivity index (χ0v) is 16.4. The third-order valence-corrected chi connectivity index (χ3v) is 5.09. The molecule has 1 aliphatic heterocycles. The first kappa shape index (κ1) is 19.0. The Kier molecular flexibility index (Phi) is 6.05. The summed E-state index contributed by atoms with van der Waals surface area (Å²) < 4.78 is 5.78. The number of benzene rings is 2. The van der Waals surface area contributed by atoms with Crippen LogP contribution in [0.3, 0.4) is 0 Å². The molecule has 0 saturated carbocycles. The number of nitrogens with one attached hydrogen (secondary N) is 1. The van der Waals surface area contributed by atoms with Gasteiger partial charge < -0.3 is 15.0 Å². The summed E-state index contributed by atoms with van der Waals surface area (Å²) in [7, 11) is 0. The molecule has 3 aromatic rings. The predicted octanol–water partition coefficient (Wildman–Crippen LogP) is 4.19. The average molecular weight is 387 g/mol. The second-order valence-electron chi connectivity index (χ2n) is 7.22. The van der Waals surface area contributed by atoms with Crippen molar-refractivity contribution in [3.63, 3.8) is 0 Å². The van der Waals surface area contributed by atoms with Crippen LogP contribution < -0.4 is 15.0 Å². The van der Waals surface area contributed by atoms with E-state index < -0.39 is 0 Å². The number of aromatic nitrogens is 1. The molecule has 1 fully saturated rings. The summed E-state index contributed by atoms with van der Waals surface area (Å²) in [6.45, 7) is 3.19. The van der Waals surface area contributed by atoms with Crippen LogP contribution in [0.4, 0.5) is 5.69 Å². The van der Waals surface area contributed by atoms with Crippen molar-refractivity contribution in [1.29, 1.82) is 0 Å². The van der Waals surface area contributed by atoms with Crippen molar-refractivity contribution < 1.29 is 9.53 Å². The summed E-state index contributed by atoms with van der Waals surface area (Å²) >= 11 is 0. The van der Waals surface area contributed by atoms with Crippen LogP contribution in [-0.2, 0) is 13.2 Å². The van der Waals surface area contributed by atoms with Gasteiger partial charge in [0.25, 0.3) is 5.91 Å². The molecule has 1 amide bonds. The lowest BCUT2D eigenvalue weighted by Crippen LogP contribution is -2.23. The summed E-state index contributed by atoms with van der Waals surface area (Å²) in [5.41, 5.74) is 3.92. The smallest absolute Gasteiger partial charge is 0.251 e. The van der Waals surface area contributed by atoms with E-state index in [1.165, 1.54) is 18.5 Å². The van der Waals surface area contributed by atoms with Gasteiger partial charge in [0.15, 0.2) is 0 Å². The van der Waals surface area contributed by atoms with Gasteiger partial charge in [-0.2, -0.15) is 0 Å². The van der Waals surface area contributed by atoms with Crippen molar-refractivity contribution >= 4 is 11.6 Å². The molecule has 0 bridgehead atoms. The van der Waals surface area contributed by atoms with Crippen LogP contribution >= 0.6 is 0 Å². The first-order chi connectivity index (χ1) is 14.3. The van der Waals surface area contributed by atoms with Crippen molar-refractivity contribution in [3.8, 4) is 5.75 Å². The van der Waals surface area contributed by atoms with Crippen LogP contribution in [0.2, 0.25) is 0 Å². The van der Waals surface area contributed by atoms with Crippen molar-refractivity contribution in [3.05, 3.63) is 89.7 Å². The Labute approximate surface area is 171 Å². The minimum Gasteiger partial charge on any atom is -0.489 e. The molecule has 2 heterocycles. The molecule has 0 spiro atoms. The Hall–Kier alpha value is -3.34. The molecule has 0 atom stereocenters. The Morgan fingerprint density at radius 3 is 2.59 bits per heavy atom. The van der Waals surface area contributed by atoms with Gasteiger partial charge in [-0.1, -0.05) is 24.3 Å². The molecule has 2 aromatic carbocycles. The largest absolute Gasteiger partial charge is 0.489 e. The van der Waals surface area contributed by atoms with E-state index in [-0.39, 0.29) is 5.91 Å². The Bertz CT molecular complexity index is 936. The van der Waals surface area contributed by atoms with Crippen molar-refractivity contribution in [2.45, 2.75) is 26.0 Å². The normalized spacial score (nSPS) is 13.3. The standard InChI is InChI=1S/C24H25N3O2/c28-24(26-17-19-8-10-22(11-9-19)27-13-1-2-14-27)21-6-3-7-23(15-21)29-18-20-5-4-12-25-16-20/h3-12,15-16H,1-2,13-14,17-18H2,(H,26,28). The number of anilines is 1. The van der Waals surface area contributed by atoms with Gasteiger partial charge >= 0.3 is 0 Å². The van der Waals surface area contributed by atoms with E-state index in [9.17, 15) is 4.79 Å². The van der Waals surface area contributed by atoms with E-state index in [4.69, 9.17) is 4.74 Å². The summed E-state index contributed by atoms with van der Waals surface area (Å²) in [6, 6.07) is 19.5. The van der Waals surface area contributed by atoms with Crippen molar-refractivity contribution in [1.82, 2.24) is 10.3 Å². The summed E-state index contributed by atoms with van der Waals surface area (Å²) in [5, 5.41) is 2.99. The first-order valence-electron chi connectivity index (χ1n) is 10.0. The third kappa shape index (κ3) is 5.13. The molecule has 5 heteroatoms. The molecule has 1 N–H and O–H groups in total. The van der Waals surface area contributed by atoms with Gasteiger partial charge in [-0.25, -0.2) is 0 Å². The van der Waals surface area contributed by atoms with Crippen LogP contribution in [0, 0.1) is 0 Å². The highest BCUT2D eigenvalue weighted by Gasteiger charge is 2.12. The maximum atomic E-state index is 12.5. The maximum Gasteiger partial charge on any atom is 0.251 e. The minimum absolute atomic E-state index is 0.111. The van der Waals surface area contributed by atoms with E-state index >= 15 is 0 Å². The fourth-order valence-electron chi connectivity index (χ4n) is 3.46. The van der Waals surface area contributed by atoms with Gasteiger partial charge in [-0.3, -0.25) is 9.78 Å². The molecule has 29 heavy (non-hydrogen) atoms. The number of amides is 1. The molecular weight excluding hydrogens is 362 g/mol.